The summed E-state index contributed by atoms with van der Waals surface area (Å²) in [5.74, 6) is -0.0867. The molecular weight excluding hydrogens is 270 g/mol. The van der Waals surface area contributed by atoms with Gasteiger partial charge in [-0.05, 0) is 12.8 Å². The summed E-state index contributed by atoms with van der Waals surface area (Å²) in [6.07, 6.45) is 0. The number of carbonyl (C=O) groups excluding carboxylic acids is 1. The summed E-state index contributed by atoms with van der Waals surface area (Å²) < 4.78 is 0. The van der Waals surface area contributed by atoms with Crippen molar-refractivity contribution in [1.82, 2.24) is 4.98 Å². The second kappa shape index (κ2) is 6.15. The molecule has 1 amide bonds. The van der Waals surface area contributed by atoms with Crippen molar-refractivity contribution in [2.45, 2.75) is 26.8 Å². The first kappa shape index (κ1) is 14.7. The Balaban J connectivity index is 2.09. The average molecular weight is 289 g/mol. The highest BCUT2D eigenvalue weighted by Gasteiger charge is 2.18. The number of amides is 1. The maximum Gasteiger partial charge on any atom is 0.243 e. The largest absolute Gasteiger partial charge is 0.320 e. The van der Waals surface area contributed by atoms with Gasteiger partial charge < -0.3 is 11.1 Å². The van der Waals surface area contributed by atoms with Gasteiger partial charge in [-0.3, -0.25) is 4.79 Å². The maximum atomic E-state index is 11.9. The van der Waals surface area contributed by atoms with Crippen LogP contribution in [0.1, 0.15) is 19.4 Å². The van der Waals surface area contributed by atoms with Gasteiger partial charge in [0.2, 0.25) is 5.91 Å². The Labute approximate surface area is 123 Å². The summed E-state index contributed by atoms with van der Waals surface area (Å²) in [6.45, 7) is 5.89. The fraction of sp³-hybridized carbons (Fsp3) is 0.333. The van der Waals surface area contributed by atoms with Crippen LogP contribution in [0.4, 0.5) is 5.13 Å². The van der Waals surface area contributed by atoms with E-state index in [-0.39, 0.29) is 11.8 Å². The highest BCUT2D eigenvalue weighted by Crippen LogP contribution is 2.25. The third-order valence-electron chi connectivity index (χ3n) is 3.10. The zero-order chi connectivity index (χ0) is 14.7. The molecule has 4 nitrogen and oxygen atoms in total. The number of aromatic nitrogens is 1. The summed E-state index contributed by atoms with van der Waals surface area (Å²) in [7, 11) is 0. The van der Waals surface area contributed by atoms with Crippen LogP contribution in [0.5, 0.6) is 0 Å². The quantitative estimate of drug-likeness (QED) is 0.909. The van der Waals surface area contributed by atoms with E-state index in [1.54, 1.807) is 0 Å². The van der Waals surface area contributed by atoms with E-state index >= 15 is 0 Å². The monoisotopic (exact) mass is 289 g/mol. The molecular formula is C15H19N3OS. The van der Waals surface area contributed by atoms with Crippen LogP contribution in [0.2, 0.25) is 0 Å². The molecule has 0 fully saturated rings. The minimum atomic E-state index is -0.512. The SMILES string of the molecule is Cc1ccc(-c2csc(NC(=O)[C@@H](N)C(C)C)n2)cc1. The van der Waals surface area contributed by atoms with Gasteiger partial charge in [0.1, 0.15) is 0 Å². The topological polar surface area (TPSA) is 68.0 Å². The number of thiazole rings is 1. The van der Waals surface area contributed by atoms with E-state index in [9.17, 15) is 4.79 Å². The van der Waals surface area contributed by atoms with Crippen LogP contribution < -0.4 is 11.1 Å². The first-order valence-electron chi connectivity index (χ1n) is 6.56. The fourth-order valence-corrected chi connectivity index (χ4v) is 2.40. The highest BCUT2D eigenvalue weighted by atomic mass is 32.1. The molecule has 20 heavy (non-hydrogen) atoms. The average Bonchev–Trinajstić information content (AvgIpc) is 2.87. The second-order valence-electron chi connectivity index (χ2n) is 5.16. The van der Waals surface area contributed by atoms with Crippen LogP contribution in [0.25, 0.3) is 11.3 Å². The van der Waals surface area contributed by atoms with Gasteiger partial charge in [0.25, 0.3) is 0 Å². The lowest BCUT2D eigenvalue weighted by Gasteiger charge is -2.13. The molecule has 2 aromatic rings. The van der Waals surface area contributed by atoms with Gasteiger partial charge in [0.15, 0.2) is 5.13 Å². The first-order chi connectivity index (χ1) is 9.47. The Bertz CT molecular complexity index is 589. The van der Waals surface area contributed by atoms with Crippen LogP contribution >= 0.6 is 11.3 Å². The molecule has 1 heterocycles. The molecule has 0 saturated heterocycles. The zero-order valence-corrected chi connectivity index (χ0v) is 12.7. The summed E-state index contributed by atoms with van der Waals surface area (Å²) in [4.78, 5) is 16.3. The number of hydrogen-bond acceptors (Lipinski definition) is 4. The Morgan fingerprint density at radius 1 is 1.30 bits per heavy atom. The third-order valence-corrected chi connectivity index (χ3v) is 3.86. The fourth-order valence-electron chi connectivity index (χ4n) is 1.68. The number of rotatable bonds is 4. The molecule has 106 valence electrons. The first-order valence-corrected chi connectivity index (χ1v) is 7.44. The smallest absolute Gasteiger partial charge is 0.243 e. The van der Waals surface area contributed by atoms with Gasteiger partial charge in [-0.25, -0.2) is 4.98 Å². The number of aryl methyl sites for hydroxylation is 1. The van der Waals surface area contributed by atoms with Crippen molar-refractivity contribution < 1.29 is 4.79 Å². The molecule has 0 aliphatic rings. The summed E-state index contributed by atoms with van der Waals surface area (Å²) in [6, 6.07) is 7.62. The van der Waals surface area contributed by atoms with E-state index in [1.807, 2.05) is 50.4 Å². The van der Waals surface area contributed by atoms with E-state index in [2.05, 4.69) is 10.3 Å². The molecule has 1 atom stereocenters. The van der Waals surface area contributed by atoms with Crippen LogP contribution in [-0.4, -0.2) is 16.9 Å². The van der Waals surface area contributed by atoms with Gasteiger partial charge in [-0.2, -0.15) is 0 Å². The minimum absolute atomic E-state index is 0.103. The van der Waals surface area contributed by atoms with Crippen molar-refractivity contribution in [2.75, 3.05) is 5.32 Å². The minimum Gasteiger partial charge on any atom is -0.320 e. The van der Waals surface area contributed by atoms with E-state index in [0.717, 1.165) is 11.3 Å². The number of nitrogens with two attached hydrogens (primary N) is 1. The second-order valence-corrected chi connectivity index (χ2v) is 6.02. The Kier molecular flexibility index (Phi) is 4.52. The van der Waals surface area contributed by atoms with Crippen molar-refractivity contribution >= 4 is 22.4 Å². The summed E-state index contributed by atoms with van der Waals surface area (Å²) in [5.41, 5.74) is 8.92. The number of anilines is 1. The van der Waals surface area contributed by atoms with Crippen molar-refractivity contribution in [3.05, 3.63) is 35.2 Å². The summed E-state index contributed by atoms with van der Waals surface area (Å²) >= 11 is 1.41. The standard InChI is InChI=1S/C15H19N3OS/c1-9(2)13(16)14(19)18-15-17-12(8-20-15)11-6-4-10(3)5-7-11/h4-9,13H,16H2,1-3H3,(H,17,18,19)/t13-/m0/s1. The van der Waals surface area contributed by atoms with Gasteiger partial charge in [0, 0.05) is 10.9 Å². The van der Waals surface area contributed by atoms with E-state index in [1.165, 1.54) is 16.9 Å². The lowest BCUT2D eigenvalue weighted by molar-refractivity contribution is -0.118. The lowest BCUT2D eigenvalue weighted by atomic mass is 10.1. The molecule has 3 N–H and O–H groups in total. The van der Waals surface area contributed by atoms with Crippen LogP contribution in [0.3, 0.4) is 0 Å². The zero-order valence-electron chi connectivity index (χ0n) is 11.9. The van der Waals surface area contributed by atoms with Crippen molar-refractivity contribution in [3.8, 4) is 11.3 Å². The molecule has 0 spiro atoms. The number of carbonyl (C=O) groups is 1. The molecule has 0 saturated carbocycles. The number of hydrogen-bond donors (Lipinski definition) is 2. The van der Waals surface area contributed by atoms with Crippen LogP contribution in [0.15, 0.2) is 29.6 Å². The van der Waals surface area contributed by atoms with Gasteiger partial charge in [-0.15, -0.1) is 11.3 Å². The maximum absolute atomic E-state index is 11.9. The molecule has 0 radical (unpaired) electrons. The van der Waals surface area contributed by atoms with Crippen LogP contribution in [0, 0.1) is 12.8 Å². The Hall–Kier alpha value is -1.72. The van der Waals surface area contributed by atoms with Crippen molar-refractivity contribution in [2.24, 2.45) is 11.7 Å². The molecule has 0 aliphatic carbocycles. The third kappa shape index (κ3) is 3.43. The molecule has 0 aliphatic heterocycles. The van der Waals surface area contributed by atoms with Crippen LogP contribution in [-0.2, 0) is 4.79 Å². The van der Waals surface area contributed by atoms with E-state index < -0.39 is 6.04 Å². The molecule has 1 aromatic carbocycles. The predicted molar refractivity (Wildman–Crippen MR) is 83.7 cm³/mol. The lowest BCUT2D eigenvalue weighted by Crippen LogP contribution is -2.39. The van der Waals surface area contributed by atoms with Gasteiger partial charge in [-0.1, -0.05) is 43.7 Å². The van der Waals surface area contributed by atoms with Gasteiger partial charge >= 0.3 is 0 Å². The molecule has 0 unspecified atom stereocenters. The molecule has 1 aromatic heterocycles. The van der Waals surface area contributed by atoms with Gasteiger partial charge in [0.05, 0.1) is 11.7 Å². The van der Waals surface area contributed by atoms with E-state index in [0.29, 0.717) is 5.13 Å². The molecule has 5 heteroatoms. The normalized spacial score (nSPS) is 12.4. The predicted octanol–water partition coefficient (Wildman–Crippen LogP) is 3.04. The Morgan fingerprint density at radius 2 is 1.95 bits per heavy atom. The number of nitrogens with zero attached hydrogens (tertiary/aromatic N) is 1. The van der Waals surface area contributed by atoms with E-state index in [4.69, 9.17) is 5.73 Å². The number of nitrogens with one attached hydrogen (secondary N) is 1. The summed E-state index contributed by atoms with van der Waals surface area (Å²) in [5, 5.41) is 5.28. The molecule has 0 bridgehead atoms. The van der Waals surface area contributed by atoms with Crippen molar-refractivity contribution in [1.29, 1.82) is 0 Å². The molecule has 2 rings (SSSR count). The Morgan fingerprint density at radius 3 is 2.55 bits per heavy atom. The highest BCUT2D eigenvalue weighted by molar-refractivity contribution is 7.14. The van der Waals surface area contributed by atoms with Crippen molar-refractivity contribution in [3.63, 3.8) is 0 Å². The number of benzene rings is 1.